The molecule has 5 heteroatoms. The van der Waals surface area contributed by atoms with Gasteiger partial charge in [0.2, 0.25) is 10.0 Å². The molecule has 4 nitrogen and oxygen atoms in total. The zero-order valence-electron chi connectivity index (χ0n) is 11.8. The Morgan fingerprint density at radius 3 is 2.50 bits per heavy atom. The Morgan fingerprint density at radius 1 is 1.15 bits per heavy atom. The van der Waals surface area contributed by atoms with Crippen LogP contribution in [0.4, 0.5) is 0 Å². The molecular weight excluding hydrogens is 272 g/mol. The molecule has 0 heterocycles. The summed E-state index contributed by atoms with van der Waals surface area (Å²) in [5.74, 6) is 0.634. The van der Waals surface area contributed by atoms with E-state index in [1.807, 2.05) is 12.1 Å². The van der Waals surface area contributed by atoms with Gasteiger partial charge in [0.1, 0.15) is 0 Å². The fourth-order valence-corrected chi connectivity index (χ4v) is 4.24. The molecule has 2 saturated carbocycles. The quantitative estimate of drug-likeness (QED) is 0.844. The topological polar surface area (TPSA) is 58.2 Å². The van der Waals surface area contributed by atoms with E-state index in [1.165, 1.54) is 12.8 Å². The van der Waals surface area contributed by atoms with Crippen LogP contribution < -0.4 is 10.0 Å². The second kappa shape index (κ2) is 5.47. The van der Waals surface area contributed by atoms with Crippen LogP contribution in [0.15, 0.2) is 29.2 Å². The van der Waals surface area contributed by atoms with Crippen molar-refractivity contribution in [3.8, 4) is 0 Å². The van der Waals surface area contributed by atoms with Crippen LogP contribution in [0.5, 0.6) is 0 Å². The third kappa shape index (κ3) is 3.22. The average Bonchev–Trinajstić information content (AvgIpc) is 3.18. The Kier molecular flexibility index (Phi) is 3.84. The van der Waals surface area contributed by atoms with Gasteiger partial charge in [-0.1, -0.05) is 25.1 Å². The normalized spacial score (nSPS) is 26.2. The van der Waals surface area contributed by atoms with Crippen LogP contribution in [0.3, 0.4) is 0 Å². The van der Waals surface area contributed by atoms with Crippen molar-refractivity contribution in [1.29, 1.82) is 0 Å². The minimum atomic E-state index is -3.39. The van der Waals surface area contributed by atoms with Crippen molar-refractivity contribution >= 4 is 10.0 Å². The molecule has 0 aromatic heterocycles. The van der Waals surface area contributed by atoms with Crippen molar-refractivity contribution in [2.24, 2.45) is 5.92 Å². The third-order valence-corrected chi connectivity index (χ3v) is 5.74. The lowest BCUT2D eigenvalue weighted by Crippen LogP contribution is -2.43. The summed E-state index contributed by atoms with van der Waals surface area (Å²) in [6.45, 7) is 2.78. The maximum absolute atomic E-state index is 12.5. The van der Waals surface area contributed by atoms with Gasteiger partial charge in [-0.05, 0) is 43.2 Å². The highest BCUT2D eigenvalue weighted by Crippen LogP contribution is 2.28. The number of benzene rings is 1. The smallest absolute Gasteiger partial charge is 0.241 e. The summed E-state index contributed by atoms with van der Waals surface area (Å²) in [6, 6.07) is 7.97. The molecule has 0 bridgehead atoms. The first-order chi connectivity index (χ1) is 9.54. The molecule has 3 rings (SSSR count). The van der Waals surface area contributed by atoms with Gasteiger partial charge in [-0.2, -0.15) is 0 Å². The molecule has 0 atom stereocenters. The first-order valence-electron chi connectivity index (χ1n) is 7.38. The minimum Gasteiger partial charge on any atom is -0.310 e. The van der Waals surface area contributed by atoms with E-state index in [1.54, 1.807) is 12.1 Å². The summed E-state index contributed by atoms with van der Waals surface area (Å²) < 4.78 is 27.8. The summed E-state index contributed by atoms with van der Waals surface area (Å²) in [7, 11) is -3.39. The number of nitrogens with one attached hydrogen (secondary N) is 2. The van der Waals surface area contributed by atoms with E-state index >= 15 is 0 Å². The standard InChI is InChI=1S/C15H22N2O2S/c1-11-8-14(9-11)17-20(18,19)15-5-3-2-4-12(15)10-16-13-6-7-13/h2-5,11,13-14,16-17H,6-10H2,1H3. The fourth-order valence-electron chi connectivity index (χ4n) is 2.74. The summed E-state index contributed by atoms with van der Waals surface area (Å²) in [5.41, 5.74) is 0.860. The van der Waals surface area contributed by atoms with Crippen LogP contribution in [0.2, 0.25) is 0 Å². The molecule has 0 radical (unpaired) electrons. The highest BCUT2D eigenvalue weighted by atomic mass is 32.2. The lowest BCUT2D eigenvalue weighted by atomic mass is 9.83. The van der Waals surface area contributed by atoms with E-state index in [-0.39, 0.29) is 6.04 Å². The minimum absolute atomic E-state index is 0.111. The predicted molar refractivity (Wildman–Crippen MR) is 78.8 cm³/mol. The largest absolute Gasteiger partial charge is 0.310 e. The van der Waals surface area contributed by atoms with Gasteiger partial charge in [0, 0.05) is 18.6 Å². The average molecular weight is 294 g/mol. The molecule has 1 aromatic rings. The van der Waals surface area contributed by atoms with Gasteiger partial charge in [-0.25, -0.2) is 13.1 Å². The van der Waals surface area contributed by atoms with Crippen LogP contribution in [-0.4, -0.2) is 20.5 Å². The zero-order valence-corrected chi connectivity index (χ0v) is 12.6. The Balaban J connectivity index is 1.73. The third-order valence-electron chi connectivity index (χ3n) is 4.12. The molecule has 0 amide bonds. The van der Waals surface area contributed by atoms with Gasteiger partial charge in [-0.3, -0.25) is 0 Å². The zero-order chi connectivity index (χ0) is 14.2. The van der Waals surface area contributed by atoms with Crippen LogP contribution >= 0.6 is 0 Å². The van der Waals surface area contributed by atoms with E-state index in [0.29, 0.717) is 23.4 Å². The van der Waals surface area contributed by atoms with E-state index in [4.69, 9.17) is 0 Å². The molecule has 2 N–H and O–H groups in total. The summed E-state index contributed by atoms with van der Waals surface area (Å²) in [6.07, 6.45) is 4.30. The SMILES string of the molecule is CC1CC(NS(=O)(=O)c2ccccc2CNC2CC2)C1. The van der Waals surface area contributed by atoms with Crippen molar-refractivity contribution in [3.63, 3.8) is 0 Å². The van der Waals surface area contributed by atoms with Crippen molar-refractivity contribution in [3.05, 3.63) is 29.8 Å². The van der Waals surface area contributed by atoms with Gasteiger partial charge in [0.05, 0.1) is 4.90 Å². The van der Waals surface area contributed by atoms with E-state index in [0.717, 1.165) is 18.4 Å². The van der Waals surface area contributed by atoms with Gasteiger partial charge in [0.25, 0.3) is 0 Å². The molecule has 0 unspecified atom stereocenters. The number of sulfonamides is 1. The molecule has 0 spiro atoms. The maximum atomic E-state index is 12.5. The van der Waals surface area contributed by atoms with Crippen LogP contribution in [0.25, 0.3) is 0 Å². The van der Waals surface area contributed by atoms with Crippen LogP contribution in [-0.2, 0) is 16.6 Å². The van der Waals surface area contributed by atoms with Gasteiger partial charge in [-0.15, -0.1) is 0 Å². The van der Waals surface area contributed by atoms with Crippen molar-refractivity contribution in [1.82, 2.24) is 10.0 Å². The van der Waals surface area contributed by atoms with Crippen molar-refractivity contribution in [2.45, 2.75) is 56.1 Å². The predicted octanol–water partition coefficient (Wildman–Crippen LogP) is 2.02. The highest BCUT2D eigenvalue weighted by Gasteiger charge is 2.30. The van der Waals surface area contributed by atoms with Gasteiger partial charge < -0.3 is 5.32 Å². The van der Waals surface area contributed by atoms with E-state index in [2.05, 4.69) is 17.0 Å². The molecule has 0 aliphatic heterocycles. The highest BCUT2D eigenvalue weighted by molar-refractivity contribution is 7.89. The van der Waals surface area contributed by atoms with Gasteiger partial charge in [0.15, 0.2) is 0 Å². The number of hydrogen-bond acceptors (Lipinski definition) is 3. The van der Waals surface area contributed by atoms with Crippen molar-refractivity contribution in [2.75, 3.05) is 0 Å². The van der Waals surface area contributed by atoms with E-state index < -0.39 is 10.0 Å². The first-order valence-corrected chi connectivity index (χ1v) is 8.86. The summed E-state index contributed by atoms with van der Waals surface area (Å²) in [5, 5.41) is 3.38. The van der Waals surface area contributed by atoms with Crippen LogP contribution in [0.1, 0.15) is 38.2 Å². The molecule has 2 fully saturated rings. The first kappa shape index (κ1) is 14.0. The second-order valence-corrected chi connectivity index (χ2v) is 7.84. The fraction of sp³-hybridized carbons (Fsp3) is 0.600. The number of rotatable bonds is 6. The lowest BCUT2D eigenvalue weighted by molar-refractivity contribution is 0.270. The van der Waals surface area contributed by atoms with E-state index in [9.17, 15) is 8.42 Å². The molecule has 0 saturated heterocycles. The Hall–Kier alpha value is -0.910. The molecule has 1 aromatic carbocycles. The second-order valence-electron chi connectivity index (χ2n) is 6.16. The monoisotopic (exact) mass is 294 g/mol. The number of hydrogen-bond donors (Lipinski definition) is 2. The molecule has 2 aliphatic rings. The summed E-state index contributed by atoms with van der Waals surface area (Å²) in [4.78, 5) is 0.424. The van der Waals surface area contributed by atoms with Gasteiger partial charge >= 0.3 is 0 Å². The Labute approximate surface area is 121 Å². The Morgan fingerprint density at radius 2 is 1.85 bits per heavy atom. The maximum Gasteiger partial charge on any atom is 0.241 e. The molecular formula is C15H22N2O2S. The molecule has 2 aliphatic carbocycles. The Bertz CT molecular complexity index is 575. The summed E-state index contributed by atoms with van der Waals surface area (Å²) >= 11 is 0. The van der Waals surface area contributed by atoms with Crippen LogP contribution in [0, 0.1) is 5.92 Å². The lowest BCUT2D eigenvalue weighted by Gasteiger charge is -2.33. The molecule has 110 valence electrons. The molecule has 20 heavy (non-hydrogen) atoms. The van der Waals surface area contributed by atoms with Crippen molar-refractivity contribution < 1.29 is 8.42 Å².